The molecule has 0 aliphatic carbocycles. The molecule has 32 heavy (non-hydrogen) atoms. The van der Waals surface area contributed by atoms with Crippen LogP contribution < -0.4 is 20.5 Å². The second kappa shape index (κ2) is 11.8. The normalized spacial score (nSPS) is 12.7. The minimum atomic E-state index is -0.703. The van der Waals surface area contributed by atoms with E-state index in [2.05, 4.69) is 10.3 Å². The average molecular weight is 437 g/mol. The number of hydrogen-bond donors (Lipinski definition) is 4. The predicted molar refractivity (Wildman–Crippen MR) is 120 cm³/mol. The van der Waals surface area contributed by atoms with E-state index in [0.29, 0.717) is 30.2 Å². The lowest BCUT2D eigenvalue weighted by Crippen LogP contribution is -2.41. The predicted octanol–water partition coefficient (Wildman–Crippen LogP) is 1.91. The van der Waals surface area contributed by atoms with E-state index in [1.54, 1.807) is 18.2 Å². The molecule has 0 saturated carbocycles. The lowest BCUT2D eigenvalue weighted by Gasteiger charge is -2.19. The molecular formula is C24H27N3O5. The molecule has 1 unspecified atom stereocenters. The van der Waals surface area contributed by atoms with E-state index in [9.17, 15) is 15.0 Å². The second-order valence-electron chi connectivity index (χ2n) is 7.26. The summed E-state index contributed by atoms with van der Waals surface area (Å²) in [5.74, 6) is 1.13. The zero-order chi connectivity index (χ0) is 22.8. The van der Waals surface area contributed by atoms with E-state index in [1.165, 1.54) is 12.3 Å². The Kier molecular flexibility index (Phi) is 8.56. The van der Waals surface area contributed by atoms with Gasteiger partial charge in [-0.05, 0) is 42.3 Å². The van der Waals surface area contributed by atoms with E-state index in [1.807, 2.05) is 42.5 Å². The van der Waals surface area contributed by atoms with Crippen molar-refractivity contribution < 1.29 is 24.5 Å². The summed E-state index contributed by atoms with van der Waals surface area (Å²) in [6, 6.07) is 19.6. The topological polar surface area (TPSA) is 127 Å². The third-order valence-corrected chi connectivity index (χ3v) is 4.67. The first-order valence-electron chi connectivity index (χ1n) is 10.3. The number of amides is 1. The van der Waals surface area contributed by atoms with Gasteiger partial charge in [0.25, 0.3) is 5.91 Å². The summed E-state index contributed by atoms with van der Waals surface area (Å²) >= 11 is 0. The van der Waals surface area contributed by atoms with Gasteiger partial charge in [-0.25, -0.2) is 0 Å². The van der Waals surface area contributed by atoms with E-state index in [4.69, 9.17) is 15.2 Å². The zero-order valence-electron chi connectivity index (χ0n) is 17.6. The number of rotatable bonds is 12. The number of aromatic nitrogens is 1. The van der Waals surface area contributed by atoms with Crippen LogP contribution in [0.25, 0.3) is 0 Å². The second-order valence-corrected chi connectivity index (χ2v) is 7.26. The van der Waals surface area contributed by atoms with Gasteiger partial charge in [-0.15, -0.1) is 0 Å². The van der Waals surface area contributed by atoms with Gasteiger partial charge in [-0.2, -0.15) is 0 Å². The minimum Gasteiger partial charge on any atom is -0.491 e. The van der Waals surface area contributed by atoms with Crippen LogP contribution in [0.1, 0.15) is 16.1 Å². The average Bonchev–Trinajstić information content (AvgIpc) is 2.82. The summed E-state index contributed by atoms with van der Waals surface area (Å²) in [5.41, 5.74) is 6.36. The van der Waals surface area contributed by atoms with Crippen LogP contribution in [0.2, 0.25) is 0 Å². The highest BCUT2D eigenvalue weighted by Gasteiger charge is 2.12. The molecule has 5 N–H and O–H groups in total. The zero-order valence-corrected chi connectivity index (χ0v) is 17.6. The fourth-order valence-electron chi connectivity index (χ4n) is 3.00. The van der Waals surface area contributed by atoms with E-state index in [0.717, 1.165) is 5.56 Å². The highest BCUT2D eigenvalue weighted by atomic mass is 16.5. The van der Waals surface area contributed by atoms with Crippen molar-refractivity contribution >= 4 is 5.91 Å². The molecule has 0 aliphatic rings. The molecule has 0 spiro atoms. The largest absolute Gasteiger partial charge is 0.491 e. The number of carbonyl (C=O) groups is 1. The summed E-state index contributed by atoms with van der Waals surface area (Å²) in [4.78, 5) is 15.1. The highest BCUT2D eigenvalue weighted by molar-refractivity contribution is 5.91. The molecule has 1 aromatic heterocycles. The molecule has 1 amide bonds. The Balaban J connectivity index is 1.46. The Morgan fingerprint density at radius 1 is 1.03 bits per heavy atom. The van der Waals surface area contributed by atoms with Crippen LogP contribution in [0, 0.1) is 0 Å². The number of nitrogens with one attached hydrogen (secondary N) is 1. The van der Waals surface area contributed by atoms with Crippen molar-refractivity contribution in [3.05, 3.63) is 84.2 Å². The van der Waals surface area contributed by atoms with Crippen molar-refractivity contribution in [2.24, 2.45) is 5.73 Å². The van der Waals surface area contributed by atoms with Crippen LogP contribution in [0.3, 0.4) is 0 Å². The van der Waals surface area contributed by atoms with Crippen LogP contribution in [0.15, 0.2) is 72.9 Å². The summed E-state index contributed by atoms with van der Waals surface area (Å²) in [6.45, 7) is 0.384. The van der Waals surface area contributed by atoms with Gasteiger partial charge in [0.1, 0.15) is 35.7 Å². The number of para-hydroxylation sites is 1. The van der Waals surface area contributed by atoms with Gasteiger partial charge in [0, 0.05) is 24.8 Å². The molecule has 168 valence electrons. The maximum Gasteiger partial charge on any atom is 0.267 e. The van der Waals surface area contributed by atoms with E-state index < -0.39 is 12.0 Å². The third-order valence-electron chi connectivity index (χ3n) is 4.67. The molecule has 3 aromatic rings. The van der Waals surface area contributed by atoms with Gasteiger partial charge in [0.05, 0.1) is 6.61 Å². The third kappa shape index (κ3) is 7.35. The molecule has 3 rings (SSSR count). The van der Waals surface area contributed by atoms with Gasteiger partial charge in [0.2, 0.25) is 0 Å². The van der Waals surface area contributed by atoms with Gasteiger partial charge in [-0.3, -0.25) is 9.78 Å². The maximum absolute atomic E-state index is 11.2. The maximum atomic E-state index is 11.2. The van der Waals surface area contributed by atoms with Crippen LogP contribution in [-0.4, -0.2) is 53.0 Å². The van der Waals surface area contributed by atoms with Crippen molar-refractivity contribution in [1.82, 2.24) is 10.3 Å². The Hall–Kier alpha value is -3.46. The number of aliphatic hydroxyl groups is 2. The molecule has 1 heterocycles. The first-order chi connectivity index (χ1) is 15.5. The van der Waals surface area contributed by atoms with Crippen molar-refractivity contribution in [2.45, 2.75) is 18.6 Å². The molecule has 8 nitrogen and oxygen atoms in total. The van der Waals surface area contributed by atoms with Crippen molar-refractivity contribution in [3.8, 4) is 17.2 Å². The van der Waals surface area contributed by atoms with Crippen LogP contribution in [0.5, 0.6) is 17.2 Å². The summed E-state index contributed by atoms with van der Waals surface area (Å²) < 4.78 is 11.3. The quantitative estimate of drug-likeness (QED) is 0.341. The lowest BCUT2D eigenvalue weighted by molar-refractivity contribution is 0.0993. The van der Waals surface area contributed by atoms with Crippen molar-refractivity contribution in [2.75, 3.05) is 19.8 Å². The number of pyridine rings is 1. The molecule has 0 fully saturated rings. The number of hydrogen-bond acceptors (Lipinski definition) is 7. The Labute approximate surface area is 186 Å². The number of nitrogens with zero attached hydrogens (tertiary/aromatic N) is 1. The summed E-state index contributed by atoms with van der Waals surface area (Å²) in [5, 5.41) is 23.0. The molecule has 0 bridgehead atoms. The van der Waals surface area contributed by atoms with Gasteiger partial charge in [-0.1, -0.05) is 30.3 Å². The Morgan fingerprint density at radius 3 is 2.47 bits per heavy atom. The standard InChI is InChI=1S/C24H27N3O5/c25-24(30)23-13-22(10-11-26-23)32-21-8-6-17(7-9-21)12-18(15-28)27-14-19(29)16-31-20-4-2-1-3-5-20/h1-11,13,18-19,27-29H,12,14-16H2,(H2,25,30)/t18-,19?/m0/s1. The number of aliphatic hydroxyl groups excluding tert-OH is 2. The molecular weight excluding hydrogens is 410 g/mol. The van der Waals surface area contributed by atoms with Crippen LogP contribution in [-0.2, 0) is 6.42 Å². The Morgan fingerprint density at radius 2 is 1.78 bits per heavy atom. The summed E-state index contributed by atoms with van der Waals surface area (Å²) in [7, 11) is 0. The molecule has 2 aromatic carbocycles. The van der Waals surface area contributed by atoms with Crippen LogP contribution in [0.4, 0.5) is 0 Å². The number of carbonyl (C=O) groups excluding carboxylic acids is 1. The van der Waals surface area contributed by atoms with Gasteiger partial charge in [0.15, 0.2) is 0 Å². The number of ether oxygens (including phenoxy) is 2. The van der Waals surface area contributed by atoms with E-state index in [-0.39, 0.29) is 24.9 Å². The molecule has 2 atom stereocenters. The number of primary amides is 1. The fourth-order valence-corrected chi connectivity index (χ4v) is 3.00. The Bertz CT molecular complexity index is 982. The molecule has 0 saturated heterocycles. The lowest BCUT2D eigenvalue weighted by atomic mass is 10.1. The number of benzene rings is 2. The fraction of sp³-hybridized carbons (Fsp3) is 0.250. The minimum absolute atomic E-state index is 0.0720. The first kappa shape index (κ1) is 23.2. The van der Waals surface area contributed by atoms with Crippen LogP contribution >= 0.6 is 0 Å². The smallest absolute Gasteiger partial charge is 0.267 e. The first-order valence-corrected chi connectivity index (χ1v) is 10.3. The SMILES string of the molecule is NC(=O)c1cc(Oc2ccc(C[C@@H](CO)NCC(O)COc3ccccc3)cc2)ccn1. The molecule has 8 heteroatoms. The van der Waals surface area contributed by atoms with Crippen molar-refractivity contribution in [3.63, 3.8) is 0 Å². The van der Waals surface area contributed by atoms with Gasteiger partial charge < -0.3 is 30.7 Å². The molecule has 0 aliphatic heterocycles. The monoisotopic (exact) mass is 437 g/mol. The number of nitrogens with two attached hydrogens (primary N) is 1. The molecule has 0 radical (unpaired) electrons. The van der Waals surface area contributed by atoms with E-state index >= 15 is 0 Å². The van der Waals surface area contributed by atoms with Gasteiger partial charge >= 0.3 is 0 Å². The summed E-state index contributed by atoms with van der Waals surface area (Å²) in [6.07, 6.45) is 1.33. The highest BCUT2D eigenvalue weighted by Crippen LogP contribution is 2.22. The van der Waals surface area contributed by atoms with Crippen molar-refractivity contribution in [1.29, 1.82) is 0 Å².